The minimum Gasteiger partial charge on any atom is -0.339 e. The van der Waals surface area contributed by atoms with Gasteiger partial charge in [0.15, 0.2) is 0 Å². The second kappa shape index (κ2) is 9.89. The molecule has 0 aliphatic carbocycles. The lowest BCUT2D eigenvalue weighted by molar-refractivity contribution is -0.130. The Morgan fingerprint density at radius 3 is 2.42 bits per heavy atom. The van der Waals surface area contributed by atoms with Crippen LogP contribution in [0.2, 0.25) is 0 Å². The number of piperidine rings is 1. The van der Waals surface area contributed by atoms with Crippen molar-refractivity contribution in [3.63, 3.8) is 0 Å². The molecule has 2 amide bonds. The molecule has 1 aromatic heterocycles. The van der Waals surface area contributed by atoms with E-state index in [0.29, 0.717) is 32.5 Å². The molecule has 2 heterocycles. The lowest BCUT2D eigenvalue weighted by atomic mass is 9.95. The van der Waals surface area contributed by atoms with Crippen LogP contribution in [0.25, 0.3) is 6.08 Å². The molecule has 0 saturated carbocycles. The van der Waals surface area contributed by atoms with Crippen LogP contribution in [0.3, 0.4) is 0 Å². The summed E-state index contributed by atoms with van der Waals surface area (Å²) in [6.07, 6.45) is 8.47. The van der Waals surface area contributed by atoms with Crippen LogP contribution in [0.1, 0.15) is 24.0 Å². The van der Waals surface area contributed by atoms with Crippen molar-refractivity contribution in [1.82, 2.24) is 14.7 Å². The highest BCUT2D eigenvalue weighted by Gasteiger charge is 2.26. The van der Waals surface area contributed by atoms with Gasteiger partial charge in [0.1, 0.15) is 0 Å². The molecule has 158 valence electrons. The highest BCUT2D eigenvalue weighted by molar-refractivity contribution is 5.94. The van der Waals surface area contributed by atoms with Crippen molar-refractivity contribution in [1.29, 1.82) is 0 Å². The van der Waals surface area contributed by atoms with Crippen molar-refractivity contribution >= 4 is 23.6 Å². The first kappa shape index (κ1) is 20.6. The highest BCUT2D eigenvalue weighted by atomic mass is 16.2. The Bertz CT molecular complexity index is 1020. The fourth-order valence-electron chi connectivity index (χ4n) is 3.72. The molecule has 6 heteroatoms. The molecule has 0 unspecified atom stereocenters. The van der Waals surface area contributed by atoms with Gasteiger partial charge < -0.3 is 10.2 Å². The molecular weight excluding hydrogens is 388 g/mol. The number of carbonyl (C=O) groups is 2. The molecule has 3 aromatic rings. The maximum atomic E-state index is 12.7. The molecule has 0 bridgehead atoms. The summed E-state index contributed by atoms with van der Waals surface area (Å²) in [7, 11) is 0. The molecule has 1 aliphatic rings. The fraction of sp³-hybridized carbons (Fsp3) is 0.240. The van der Waals surface area contributed by atoms with Crippen molar-refractivity contribution in [2.75, 3.05) is 18.4 Å². The zero-order chi connectivity index (χ0) is 21.5. The lowest BCUT2D eigenvalue weighted by Crippen LogP contribution is -2.40. The number of likely N-dealkylation sites (tertiary alicyclic amines) is 1. The van der Waals surface area contributed by atoms with Gasteiger partial charge in [-0.3, -0.25) is 14.3 Å². The van der Waals surface area contributed by atoms with Gasteiger partial charge in [0.05, 0.1) is 6.54 Å². The van der Waals surface area contributed by atoms with Crippen LogP contribution in [0.5, 0.6) is 0 Å². The molecule has 31 heavy (non-hydrogen) atoms. The molecule has 1 fully saturated rings. The van der Waals surface area contributed by atoms with E-state index in [1.807, 2.05) is 82.5 Å². The zero-order valence-electron chi connectivity index (χ0n) is 17.4. The van der Waals surface area contributed by atoms with E-state index in [2.05, 4.69) is 10.4 Å². The summed E-state index contributed by atoms with van der Waals surface area (Å²) in [5, 5.41) is 7.21. The van der Waals surface area contributed by atoms with Crippen molar-refractivity contribution in [3.8, 4) is 0 Å². The van der Waals surface area contributed by atoms with Crippen molar-refractivity contribution in [2.24, 2.45) is 5.92 Å². The maximum absolute atomic E-state index is 12.7. The van der Waals surface area contributed by atoms with Crippen LogP contribution in [-0.4, -0.2) is 39.6 Å². The molecule has 1 aliphatic heterocycles. The molecule has 1 N–H and O–H groups in total. The summed E-state index contributed by atoms with van der Waals surface area (Å²) in [4.78, 5) is 26.9. The number of hydrogen-bond acceptors (Lipinski definition) is 3. The number of aromatic nitrogens is 2. The molecule has 4 rings (SSSR count). The van der Waals surface area contributed by atoms with Crippen LogP contribution in [-0.2, 0) is 16.1 Å². The van der Waals surface area contributed by atoms with E-state index >= 15 is 0 Å². The van der Waals surface area contributed by atoms with Gasteiger partial charge in [0.2, 0.25) is 11.8 Å². The third-order valence-corrected chi connectivity index (χ3v) is 5.52. The second-order valence-corrected chi connectivity index (χ2v) is 7.73. The van der Waals surface area contributed by atoms with Gasteiger partial charge in [0.25, 0.3) is 0 Å². The summed E-state index contributed by atoms with van der Waals surface area (Å²) in [6.45, 7) is 1.89. The molecule has 0 spiro atoms. The predicted molar refractivity (Wildman–Crippen MR) is 121 cm³/mol. The van der Waals surface area contributed by atoms with Crippen LogP contribution < -0.4 is 5.32 Å². The summed E-state index contributed by atoms with van der Waals surface area (Å²) in [6, 6.07) is 19.5. The minimum absolute atomic E-state index is 0.00418. The minimum atomic E-state index is -0.0779. The van der Waals surface area contributed by atoms with E-state index in [9.17, 15) is 9.59 Å². The van der Waals surface area contributed by atoms with Crippen molar-refractivity contribution in [3.05, 3.63) is 90.3 Å². The van der Waals surface area contributed by atoms with Crippen LogP contribution in [0, 0.1) is 5.92 Å². The lowest BCUT2D eigenvalue weighted by Gasteiger charge is -2.30. The number of carbonyl (C=O) groups excluding carboxylic acids is 2. The number of nitrogens with zero attached hydrogens (tertiary/aromatic N) is 3. The molecule has 2 aromatic carbocycles. The van der Waals surface area contributed by atoms with E-state index in [-0.39, 0.29) is 17.7 Å². The van der Waals surface area contributed by atoms with Gasteiger partial charge >= 0.3 is 0 Å². The Balaban J connectivity index is 1.24. The third kappa shape index (κ3) is 5.69. The number of anilines is 1. The normalized spacial score (nSPS) is 14.6. The third-order valence-electron chi connectivity index (χ3n) is 5.52. The molecule has 6 nitrogen and oxygen atoms in total. The predicted octanol–water partition coefficient (Wildman–Crippen LogP) is 3.82. The average Bonchev–Trinajstić information content (AvgIpc) is 3.32. The van der Waals surface area contributed by atoms with Crippen molar-refractivity contribution < 1.29 is 9.59 Å². The fourth-order valence-corrected chi connectivity index (χ4v) is 3.72. The zero-order valence-corrected chi connectivity index (χ0v) is 17.4. The smallest absolute Gasteiger partial charge is 0.246 e. The number of amides is 2. The van der Waals surface area contributed by atoms with Gasteiger partial charge in [-0.2, -0.15) is 5.10 Å². The quantitative estimate of drug-likeness (QED) is 0.624. The molecule has 0 atom stereocenters. The number of hydrogen-bond donors (Lipinski definition) is 1. The van der Waals surface area contributed by atoms with Crippen LogP contribution in [0.4, 0.5) is 5.69 Å². The summed E-state index contributed by atoms with van der Waals surface area (Å²) in [5.41, 5.74) is 2.91. The van der Waals surface area contributed by atoms with Gasteiger partial charge in [-0.15, -0.1) is 0 Å². The van der Waals surface area contributed by atoms with Gasteiger partial charge in [-0.1, -0.05) is 42.5 Å². The Morgan fingerprint density at radius 1 is 1.00 bits per heavy atom. The first-order chi connectivity index (χ1) is 15.2. The maximum Gasteiger partial charge on any atom is 0.246 e. The summed E-state index contributed by atoms with van der Waals surface area (Å²) >= 11 is 0. The average molecular weight is 415 g/mol. The molecular formula is C25H26N4O2. The van der Waals surface area contributed by atoms with E-state index in [4.69, 9.17) is 0 Å². The van der Waals surface area contributed by atoms with Crippen LogP contribution in [0.15, 0.2) is 79.1 Å². The summed E-state index contributed by atoms with van der Waals surface area (Å²) < 4.78 is 1.86. The number of benzene rings is 2. The molecule has 0 radical (unpaired) electrons. The Hall–Kier alpha value is -3.67. The standard InChI is InChI=1S/C25H26N4O2/c30-24(12-9-20-5-2-1-3-6-20)28-17-13-22(14-18-28)25(31)27-23-10-7-21(8-11-23)19-29-16-4-15-26-29/h1-12,15-16,22H,13-14,17-19H2,(H,27,31)/b12-9+. The van der Waals surface area contributed by atoms with E-state index in [1.165, 1.54) is 0 Å². The van der Waals surface area contributed by atoms with E-state index in [0.717, 1.165) is 16.8 Å². The first-order valence-corrected chi connectivity index (χ1v) is 10.6. The topological polar surface area (TPSA) is 67.2 Å². The van der Waals surface area contributed by atoms with Gasteiger partial charge in [-0.05, 0) is 48.2 Å². The van der Waals surface area contributed by atoms with Crippen molar-refractivity contribution in [2.45, 2.75) is 19.4 Å². The van der Waals surface area contributed by atoms with E-state index in [1.54, 1.807) is 12.3 Å². The number of nitrogens with one attached hydrogen (secondary N) is 1. The Morgan fingerprint density at radius 2 is 1.74 bits per heavy atom. The number of rotatable bonds is 6. The summed E-state index contributed by atoms with van der Waals surface area (Å²) in [5.74, 6) is -0.0619. The largest absolute Gasteiger partial charge is 0.339 e. The first-order valence-electron chi connectivity index (χ1n) is 10.6. The van der Waals surface area contributed by atoms with Crippen LogP contribution >= 0.6 is 0 Å². The SMILES string of the molecule is O=C(Nc1ccc(Cn2cccn2)cc1)C1CCN(C(=O)/C=C/c2ccccc2)CC1. The van der Waals surface area contributed by atoms with Gasteiger partial charge in [-0.25, -0.2) is 0 Å². The monoisotopic (exact) mass is 414 g/mol. The Kier molecular flexibility index (Phi) is 6.57. The highest BCUT2D eigenvalue weighted by Crippen LogP contribution is 2.20. The Labute approximate surface area is 182 Å². The molecule has 1 saturated heterocycles. The van der Waals surface area contributed by atoms with Gasteiger partial charge in [0, 0.05) is 43.2 Å². The van der Waals surface area contributed by atoms with E-state index < -0.39 is 0 Å². The second-order valence-electron chi connectivity index (χ2n) is 7.73.